The quantitative estimate of drug-likeness (QED) is 0.821. The Morgan fingerprint density at radius 3 is 3.26 bits per heavy atom. The van der Waals surface area contributed by atoms with Crippen LogP contribution in [0.1, 0.15) is 17.7 Å². The summed E-state index contributed by atoms with van der Waals surface area (Å²) < 4.78 is 12.6. The monoisotopic (exact) mass is 262 g/mol. The molecule has 6 heteroatoms. The van der Waals surface area contributed by atoms with Gasteiger partial charge in [0.2, 0.25) is 0 Å². The maximum absolute atomic E-state index is 5.39. The summed E-state index contributed by atoms with van der Waals surface area (Å²) in [5.41, 5.74) is 3.46. The van der Waals surface area contributed by atoms with E-state index in [0.717, 1.165) is 50.5 Å². The number of aromatic nitrogens is 3. The molecule has 1 aliphatic rings. The molecule has 0 amide bonds. The van der Waals surface area contributed by atoms with Crippen LogP contribution in [0.15, 0.2) is 17.0 Å². The zero-order valence-electron chi connectivity index (χ0n) is 11.1. The molecule has 0 aromatic carbocycles. The van der Waals surface area contributed by atoms with Gasteiger partial charge < -0.3 is 14.5 Å². The highest BCUT2D eigenvalue weighted by molar-refractivity contribution is 5.58. The van der Waals surface area contributed by atoms with Gasteiger partial charge in [0.25, 0.3) is 0 Å². The highest BCUT2D eigenvalue weighted by Crippen LogP contribution is 2.27. The van der Waals surface area contributed by atoms with E-state index in [2.05, 4.69) is 15.0 Å². The van der Waals surface area contributed by atoms with E-state index >= 15 is 0 Å². The van der Waals surface area contributed by atoms with Crippen LogP contribution in [0.5, 0.6) is 0 Å². The van der Waals surface area contributed by atoms with Crippen molar-refractivity contribution in [1.29, 1.82) is 0 Å². The van der Waals surface area contributed by atoms with Crippen molar-refractivity contribution in [2.45, 2.75) is 25.9 Å². The first-order valence-electron chi connectivity index (χ1n) is 6.57. The topological polar surface area (TPSA) is 65.1 Å². The summed E-state index contributed by atoms with van der Waals surface area (Å²) in [6.07, 6.45) is 5.13. The third-order valence-electron chi connectivity index (χ3n) is 3.39. The highest BCUT2D eigenvalue weighted by atomic mass is 16.5. The van der Waals surface area contributed by atoms with Crippen LogP contribution >= 0.6 is 0 Å². The molecule has 0 fully saturated rings. The largest absolute Gasteiger partial charge is 0.442 e. The molecular formula is C13H18N4O2. The first-order valence-corrected chi connectivity index (χ1v) is 6.57. The van der Waals surface area contributed by atoms with Crippen molar-refractivity contribution in [3.8, 4) is 11.5 Å². The SMILES string of the molecule is COCCCn1nc(-c2cnco2)c2c1CCNC2. The molecule has 0 bridgehead atoms. The zero-order chi connectivity index (χ0) is 13.1. The third-order valence-corrected chi connectivity index (χ3v) is 3.39. The molecule has 0 radical (unpaired) electrons. The van der Waals surface area contributed by atoms with E-state index in [0.29, 0.717) is 0 Å². The lowest BCUT2D eigenvalue weighted by atomic mass is 10.1. The van der Waals surface area contributed by atoms with Gasteiger partial charge in [0.15, 0.2) is 12.2 Å². The molecule has 102 valence electrons. The molecule has 1 aliphatic heterocycles. The van der Waals surface area contributed by atoms with Crippen LogP contribution in [0.3, 0.4) is 0 Å². The molecule has 19 heavy (non-hydrogen) atoms. The van der Waals surface area contributed by atoms with Gasteiger partial charge in [0.05, 0.1) is 6.20 Å². The number of nitrogens with zero attached hydrogens (tertiary/aromatic N) is 3. The predicted molar refractivity (Wildman–Crippen MR) is 69.6 cm³/mol. The van der Waals surface area contributed by atoms with E-state index in [1.54, 1.807) is 13.3 Å². The normalized spacial score (nSPS) is 14.6. The molecule has 0 saturated heterocycles. The van der Waals surface area contributed by atoms with Crippen LogP contribution < -0.4 is 5.32 Å². The minimum absolute atomic E-state index is 0.741. The molecule has 2 aromatic rings. The fraction of sp³-hybridized carbons (Fsp3) is 0.538. The summed E-state index contributed by atoms with van der Waals surface area (Å²) in [6.45, 7) is 3.48. The molecule has 0 atom stereocenters. The van der Waals surface area contributed by atoms with E-state index in [1.807, 2.05) is 0 Å². The minimum atomic E-state index is 0.741. The van der Waals surface area contributed by atoms with Crippen molar-refractivity contribution in [2.24, 2.45) is 0 Å². The first-order chi connectivity index (χ1) is 9.40. The Balaban J connectivity index is 1.92. The van der Waals surface area contributed by atoms with Crippen LogP contribution in [0.2, 0.25) is 0 Å². The van der Waals surface area contributed by atoms with Gasteiger partial charge >= 0.3 is 0 Å². The number of methoxy groups -OCH3 is 1. The minimum Gasteiger partial charge on any atom is -0.442 e. The fourth-order valence-corrected chi connectivity index (χ4v) is 2.49. The molecule has 1 N–H and O–H groups in total. The van der Waals surface area contributed by atoms with Crippen LogP contribution in [-0.4, -0.2) is 35.0 Å². The molecule has 6 nitrogen and oxygen atoms in total. The summed E-state index contributed by atoms with van der Waals surface area (Å²) >= 11 is 0. The van der Waals surface area contributed by atoms with Gasteiger partial charge in [-0.05, 0) is 6.42 Å². The Morgan fingerprint density at radius 1 is 1.53 bits per heavy atom. The van der Waals surface area contributed by atoms with E-state index < -0.39 is 0 Å². The summed E-state index contributed by atoms with van der Waals surface area (Å²) in [7, 11) is 1.72. The van der Waals surface area contributed by atoms with Crippen LogP contribution in [-0.2, 0) is 24.2 Å². The van der Waals surface area contributed by atoms with Crippen LogP contribution in [0.4, 0.5) is 0 Å². The number of ether oxygens (including phenoxy) is 1. The second kappa shape index (κ2) is 5.54. The third kappa shape index (κ3) is 2.41. The van der Waals surface area contributed by atoms with Crippen molar-refractivity contribution in [1.82, 2.24) is 20.1 Å². The molecule has 0 unspecified atom stereocenters. The van der Waals surface area contributed by atoms with E-state index in [9.17, 15) is 0 Å². The van der Waals surface area contributed by atoms with Gasteiger partial charge in [-0.2, -0.15) is 5.10 Å². The average Bonchev–Trinajstić information content (AvgIpc) is 3.07. The van der Waals surface area contributed by atoms with Gasteiger partial charge in [-0.25, -0.2) is 4.98 Å². The van der Waals surface area contributed by atoms with Crippen molar-refractivity contribution in [2.75, 3.05) is 20.3 Å². The number of hydrogen-bond donors (Lipinski definition) is 1. The first kappa shape index (κ1) is 12.4. The van der Waals surface area contributed by atoms with Gasteiger partial charge in [-0.3, -0.25) is 4.68 Å². The molecule has 3 rings (SSSR count). The number of aryl methyl sites for hydroxylation is 1. The van der Waals surface area contributed by atoms with Gasteiger partial charge in [0, 0.05) is 51.0 Å². The fourth-order valence-electron chi connectivity index (χ4n) is 2.49. The second-order valence-corrected chi connectivity index (χ2v) is 4.64. The number of fused-ring (bicyclic) bond motifs is 1. The lowest BCUT2D eigenvalue weighted by Gasteiger charge is -2.15. The predicted octanol–water partition coefficient (Wildman–Crippen LogP) is 1.22. The average molecular weight is 262 g/mol. The number of rotatable bonds is 5. The van der Waals surface area contributed by atoms with Gasteiger partial charge in [0.1, 0.15) is 5.69 Å². The lowest BCUT2D eigenvalue weighted by molar-refractivity contribution is 0.188. The Labute approximate surface area is 111 Å². The molecule has 0 spiro atoms. The van der Waals surface area contributed by atoms with Gasteiger partial charge in [-0.1, -0.05) is 0 Å². The van der Waals surface area contributed by atoms with E-state index in [4.69, 9.17) is 14.3 Å². The summed E-state index contributed by atoms with van der Waals surface area (Å²) in [4.78, 5) is 3.98. The van der Waals surface area contributed by atoms with Crippen molar-refractivity contribution in [3.05, 3.63) is 23.8 Å². The Hall–Kier alpha value is -1.66. The smallest absolute Gasteiger partial charge is 0.181 e. The summed E-state index contributed by atoms with van der Waals surface area (Å²) in [5.74, 6) is 0.741. The maximum atomic E-state index is 5.39. The molecule has 2 aromatic heterocycles. The van der Waals surface area contributed by atoms with Crippen molar-refractivity contribution in [3.63, 3.8) is 0 Å². The van der Waals surface area contributed by atoms with Gasteiger partial charge in [-0.15, -0.1) is 0 Å². The molecule has 0 aliphatic carbocycles. The van der Waals surface area contributed by atoms with E-state index in [-0.39, 0.29) is 0 Å². The number of oxazole rings is 1. The lowest BCUT2D eigenvalue weighted by Crippen LogP contribution is -2.25. The number of hydrogen-bond acceptors (Lipinski definition) is 5. The zero-order valence-corrected chi connectivity index (χ0v) is 11.1. The standard InChI is InChI=1S/C13H18N4O2/c1-18-6-2-5-17-11-3-4-14-7-10(11)13(16-17)12-8-15-9-19-12/h8-9,14H,2-7H2,1H3. The molecule has 0 saturated carbocycles. The van der Waals surface area contributed by atoms with Crippen LogP contribution in [0, 0.1) is 0 Å². The molecule has 3 heterocycles. The van der Waals surface area contributed by atoms with E-state index in [1.165, 1.54) is 17.7 Å². The number of nitrogens with one attached hydrogen (secondary N) is 1. The Morgan fingerprint density at radius 2 is 2.47 bits per heavy atom. The molecular weight excluding hydrogens is 244 g/mol. The summed E-state index contributed by atoms with van der Waals surface area (Å²) in [6, 6.07) is 0. The van der Waals surface area contributed by atoms with Crippen molar-refractivity contribution < 1.29 is 9.15 Å². The van der Waals surface area contributed by atoms with Crippen molar-refractivity contribution >= 4 is 0 Å². The Bertz CT molecular complexity index is 533. The Kier molecular flexibility index (Phi) is 3.61. The maximum Gasteiger partial charge on any atom is 0.181 e. The second-order valence-electron chi connectivity index (χ2n) is 4.64. The highest BCUT2D eigenvalue weighted by Gasteiger charge is 2.22. The summed E-state index contributed by atoms with van der Waals surface area (Å²) in [5, 5.41) is 8.08. The van der Waals surface area contributed by atoms with Crippen LogP contribution in [0.25, 0.3) is 11.5 Å².